The van der Waals surface area contributed by atoms with Crippen LogP contribution in [0.2, 0.25) is 0 Å². The first-order valence-electron chi connectivity index (χ1n) is 3.68. The molecule has 74 valence electrons. The maximum absolute atomic E-state index is 12.3. The van der Waals surface area contributed by atoms with Crippen LogP contribution in [0.4, 0.5) is 13.2 Å². The first kappa shape index (κ1) is 8.86. The first-order valence-corrected chi connectivity index (χ1v) is 3.68. The molecule has 2 rings (SSSR count). The van der Waals surface area contributed by atoms with E-state index in [-0.39, 0.29) is 15.7 Å². The lowest BCUT2D eigenvalue weighted by Crippen LogP contribution is -2.26. The Hall–Kier alpha value is -1.72. The number of para-hydroxylation sites is 2. The monoisotopic (exact) mass is 203 g/mol. The molecule has 6 heteroatoms. The van der Waals surface area contributed by atoms with Crippen LogP contribution in [-0.4, -0.2) is 4.57 Å². The van der Waals surface area contributed by atoms with E-state index >= 15 is 0 Å². The molecule has 0 aliphatic carbocycles. The van der Waals surface area contributed by atoms with Gasteiger partial charge in [0.05, 0.1) is 5.52 Å². The average Bonchev–Trinajstić information content (AvgIpc) is 2.38. The maximum Gasteiger partial charge on any atom is 0.494 e. The summed E-state index contributed by atoms with van der Waals surface area (Å²) in [5, 5.41) is 0. The number of hydrogen-bond donors (Lipinski definition) is 0. The van der Waals surface area contributed by atoms with Crippen LogP contribution in [-0.2, 0) is 6.30 Å². The number of nitrogens with zero attached hydrogens (tertiary/aromatic N) is 1. The van der Waals surface area contributed by atoms with Gasteiger partial charge >= 0.3 is 12.1 Å². The molecule has 0 radical (unpaired) electrons. The molecule has 14 heavy (non-hydrogen) atoms. The van der Waals surface area contributed by atoms with Crippen molar-refractivity contribution in [2.24, 2.45) is 0 Å². The summed E-state index contributed by atoms with van der Waals surface area (Å²) in [6, 6.07) is 5.37. The number of oxazole rings is 1. The zero-order valence-corrected chi connectivity index (χ0v) is 6.71. The molecule has 1 aromatic heterocycles. The van der Waals surface area contributed by atoms with Crippen LogP contribution in [0.15, 0.2) is 33.5 Å². The highest BCUT2D eigenvalue weighted by molar-refractivity contribution is 5.72. The van der Waals surface area contributed by atoms with Crippen molar-refractivity contribution < 1.29 is 17.6 Å². The highest BCUT2D eigenvalue weighted by Crippen LogP contribution is 2.25. The molecule has 0 amide bonds. The second-order valence-electron chi connectivity index (χ2n) is 2.64. The van der Waals surface area contributed by atoms with E-state index in [9.17, 15) is 18.0 Å². The van der Waals surface area contributed by atoms with Gasteiger partial charge in [-0.3, -0.25) is 0 Å². The van der Waals surface area contributed by atoms with Crippen LogP contribution in [0.3, 0.4) is 0 Å². The molecule has 0 aliphatic heterocycles. The molecule has 0 fully saturated rings. The fourth-order valence-electron chi connectivity index (χ4n) is 1.21. The normalized spacial score (nSPS) is 12.2. The van der Waals surface area contributed by atoms with Gasteiger partial charge in [0.1, 0.15) is 0 Å². The zero-order chi connectivity index (χ0) is 10.3. The van der Waals surface area contributed by atoms with Gasteiger partial charge in [-0.25, -0.2) is 4.79 Å². The summed E-state index contributed by atoms with van der Waals surface area (Å²) in [6.07, 6.45) is -4.75. The predicted molar refractivity (Wildman–Crippen MR) is 41.8 cm³/mol. The number of halogens is 3. The van der Waals surface area contributed by atoms with Crippen molar-refractivity contribution in [1.29, 1.82) is 0 Å². The lowest BCUT2D eigenvalue weighted by molar-refractivity contribution is -0.204. The largest absolute Gasteiger partial charge is 0.494 e. The van der Waals surface area contributed by atoms with Crippen molar-refractivity contribution in [1.82, 2.24) is 4.57 Å². The van der Waals surface area contributed by atoms with E-state index in [2.05, 4.69) is 4.42 Å². The van der Waals surface area contributed by atoms with E-state index in [1.54, 1.807) is 0 Å². The predicted octanol–water partition coefficient (Wildman–Crippen LogP) is 2.07. The molecular formula is C8H4F3NO2. The fourth-order valence-corrected chi connectivity index (χ4v) is 1.21. The van der Waals surface area contributed by atoms with Gasteiger partial charge in [0, 0.05) is 0 Å². The number of alkyl halides is 3. The Morgan fingerprint density at radius 1 is 1.21 bits per heavy atom. The standard InChI is InChI=1S/C8H4F3NO2/c9-8(10,11)12-5-3-1-2-4-6(5)14-7(12)13/h1-4H. The van der Waals surface area contributed by atoms with Gasteiger partial charge in [0.2, 0.25) is 0 Å². The lowest BCUT2D eigenvalue weighted by atomic mass is 10.3. The number of fused-ring (bicyclic) bond motifs is 1. The summed E-state index contributed by atoms with van der Waals surface area (Å²) in [4.78, 5) is 10.9. The van der Waals surface area contributed by atoms with E-state index in [0.717, 1.165) is 0 Å². The number of hydrogen-bond acceptors (Lipinski definition) is 2. The van der Waals surface area contributed by atoms with E-state index in [1.165, 1.54) is 24.3 Å². The van der Waals surface area contributed by atoms with E-state index in [0.29, 0.717) is 0 Å². The highest BCUT2D eigenvalue weighted by Gasteiger charge is 2.35. The fraction of sp³-hybridized carbons (Fsp3) is 0.125. The van der Waals surface area contributed by atoms with Gasteiger partial charge in [-0.15, -0.1) is 13.2 Å². The third-order valence-electron chi connectivity index (χ3n) is 1.74. The minimum atomic E-state index is -4.75. The molecule has 3 nitrogen and oxygen atoms in total. The van der Waals surface area contributed by atoms with E-state index in [1.807, 2.05) is 0 Å². The topological polar surface area (TPSA) is 35.1 Å². The highest BCUT2D eigenvalue weighted by atomic mass is 19.4. The molecule has 2 aromatic rings. The van der Waals surface area contributed by atoms with Crippen molar-refractivity contribution >= 4 is 11.1 Å². The SMILES string of the molecule is O=c1oc2ccccc2n1C(F)(F)F. The summed E-state index contributed by atoms with van der Waals surface area (Å²) >= 11 is 0. The Morgan fingerprint density at radius 2 is 1.86 bits per heavy atom. The van der Waals surface area contributed by atoms with Gasteiger partial charge in [0.15, 0.2) is 5.58 Å². The smallest absolute Gasteiger partial charge is 0.408 e. The molecule has 0 atom stereocenters. The number of benzene rings is 1. The molecule has 0 saturated carbocycles. The second kappa shape index (κ2) is 2.63. The van der Waals surface area contributed by atoms with Crippen molar-refractivity contribution in [2.75, 3.05) is 0 Å². The summed E-state index contributed by atoms with van der Waals surface area (Å²) < 4.78 is 41.0. The molecule has 0 saturated heterocycles. The van der Waals surface area contributed by atoms with E-state index in [4.69, 9.17) is 0 Å². The minimum Gasteiger partial charge on any atom is -0.408 e. The van der Waals surface area contributed by atoms with Crippen molar-refractivity contribution in [2.45, 2.75) is 6.30 Å². The first-order chi connectivity index (χ1) is 6.50. The third kappa shape index (κ3) is 1.19. The maximum atomic E-state index is 12.3. The van der Waals surface area contributed by atoms with Crippen LogP contribution in [0.1, 0.15) is 0 Å². The van der Waals surface area contributed by atoms with Crippen LogP contribution >= 0.6 is 0 Å². The summed E-state index contributed by atoms with van der Waals surface area (Å²) in [7, 11) is 0. The van der Waals surface area contributed by atoms with Crippen LogP contribution in [0, 0.1) is 0 Å². The quantitative estimate of drug-likeness (QED) is 0.656. The van der Waals surface area contributed by atoms with Crippen molar-refractivity contribution in [3.05, 3.63) is 34.8 Å². The molecule has 1 heterocycles. The Kier molecular flexibility index (Phi) is 1.67. The van der Waals surface area contributed by atoms with Gasteiger partial charge < -0.3 is 4.42 Å². The summed E-state index contributed by atoms with van der Waals surface area (Å²) in [5.41, 5.74) is -0.347. The average molecular weight is 203 g/mol. The van der Waals surface area contributed by atoms with Gasteiger partial charge in [-0.05, 0) is 12.1 Å². The number of aromatic nitrogens is 1. The van der Waals surface area contributed by atoms with Crippen molar-refractivity contribution in [3.8, 4) is 0 Å². The van der Waals surface area contributed by atoms with Crippen LogP contribution < -0.4 is 5.76 Å². The molecule has 0 bridgehead atoms. The third-order valence-corrected chi connectivity index (χ3v) is 1.74. The Bertz CT molecular complexity index is 523. The Balaban J connectivity index is 2.88. The van der Waals surface area contributed by atoms with Crippen LogP contribution in [0.25, 0.3) is 11.1 Å². The molecule has 0 aliphatic rings. The summed E-state index contributed by atoms with van der Waals surface area (Å²) in [6.45, 7) is 0. The van der Waals surface area contributed by atoms with Gasteiger partial charge in [0.25, 0.3) is 0 Å². The molecule has 1 aromatic carbocycles. The van der Waals surface area contributed by atoms with Gasteiger partial charge in [-0.2, -0.15) is 4.57 Å². The molecule has 0 unspecified atom stereocenters. The zero-order valence-electron chi connectivity index (χ0n) is 6.71. The Labute approximate surface area is 75.4 Å². The molecule has 0 spiro atoms. The Morgan fingerprint density at radius 3 is 2.50 bits per heavy atom. The number of rotatable bonds is 0. The second-order valence-corrected chi connectivity index (χ2v) is 2.64. The van der Waals surface area contributed by atoms with Crippen molar-refractivity contribution in [3.63, 3.8) is 0 Å². The molecule has 0 N–H and O–H groups in total. The lowest BCUT2D eigenvalue weighted by Gasteiger charge is -2.04. The van der Waals surface area contributed by atoms with Crippen LogP contribution in [0.5, 0.6) is 0 Å². The minimum absolute atomic E-state index is 0.0742. The summed E-state index contributed by atoms with van der Waals surface area (Å²) in [5.74, 6) is -1.42. The van der Waals surface area contributed by atoms with E-state index < -0.39 is 12.1 Å². The molecular weight excluding hydrogens is 199 g/mol. The van der Waals surface area contributed by atoms with Gasteiger partial charge in [-0.1, -0.05) is 12.1 Å².